The Bertz CT molecular complexity index is 123. The molecule has 11 heavy (non-hydrogen) atoms. The number of hydrogen-bond donors (Lipinski definition) is 1. The van der Waals surface area contributed by atoms with Crippen LogP contribution in [0.3, 0.4) is 0 Å². The van der Waals surface area contributed by atoms with Gasteiger partial charge >= 0.3 is 0 Å². The van der Waals surface area contributed by atoms with Crippen LogP contribution in [-0.2, 0) is 4.79 Å². The second-order valence-corrected chi connectivity index (χ2v) is 2.91. The van der Waals surface area contributed by atoms with Crippen LogP contribution in [0.25, 0.3) is 0 Å². The van der Waals surface area contributed by atoms with Gasteiger partial charge in [-0.05, 0) is 20.9 Å². The average molecular weight is 158 g/mol. The highest BCUT2D eigenvalue weighted by atomic mass is 16.2. The molecule has 0 aromatic heterocycles. The van der Waals surface area contributed by atoms with Crippen molar-refractivity contribution < 1.29 is 4.79 Å². The van der Waals surface area contributed by atoms with Crippen LogP contribution in [0.2, 0.25) is 0 Å². The summed E-state index contributed by atoms with van der Waals surface area (Å²) in [7, 11) is 1.89. The van der Waals surface area contributed by atoms with E-state index in [-0.39, 0.29) is 5.91 Å². The monoisotopic (exact) mass is 158 g/mol. The molecule has 0 heterocycles. The molecule has 0 radical (unpaired) electrons. The number of amides is 1. The molecule has 0 aromatic rings. The molecule has 3 nitrogen and oxygen atoms in total. The fraction of sp³-hybridized carbons (Fsp3) is 0.875. The lowest BCUT2D eigenvalue weighted by Crippen LogP contribution is -2.39. The molecule has 1 N–H and O–H groups in total. The van der Waals surface area contributed by atoms with E-state index >= 15 is 0 Å². The molecule has 66 valence electrons. The van der Waals surface area contributed by atoms with E-state index in [0.29, 0.717) is 6.04 Å². The molecule has 0 saturated heterocycles. The normalized spacial score (nSPS) is 10.3. The summed E-state index contributed by atoms with van der Waals surface area (Å²) in [6.07, 6.45) is 0. The van der Waals surface area contributed by atoms with E-state index in [1.165, 1.54) is 0 Å². The van der Waals surface area contributed by atoms with Gasteiger partial charge in [0.2, 0.25) is 5.91 Å². The van der Waals surface area contributed by atoms with E-state index in [1.54, 1.807) is 6.92 Å². The van der Waals surface area contributed by atoms with Crippen LogP contribution in [0, 0.1) is 0 Å². The molecule has 0 aliphatic carbocycles. The Balaban J connectivity index is 3.80. The number of nitrogens with one attached hydrogen (secondary N) is 1. The molecular weight excluding hydrogens is 140 g/mol. The minimum atomic E-state index is 0.148. The molecule has 0 unspecified atom stereocenters. The first kappa shape index (κ1) is 10.4. The predicted molar refractivity (Wildman–Crippen MR) is 46.4 cm³/mol. The molecule has 1 amide bonds. The fourth-order valence-corrected chi connectivity index (χ4v) is 1.01. The molecule has 3 heteroatoms. The smallest absolute Gasteiger partial charge is 0.219 e. The average Bonchev–Trinajstić information content (AvgIpc) is 1.87. The first-order valence-electron chi connectivity index (χ1n) is 4.01. The SMILES string of the molecule is CNCCN(C(C)=O)C(C)C. The Morgan fingerprint density at radius 3 is 2.36 bits per heavy atom. The van der Waals surface area contributed by atoms with Gasteiger partial charge in [0.1, 0.15) is 0 Å². The van der Waals surface area contributed by atoms with Crippen LogP contribution < -0.4 is 5.32 Å². The summed E-state index contributed by atoms with van der Waals surface area (Å²) in [5.41, 5.74) is 0. The Labute approximate surface area is 68.8 Å². The van der Waals surface area contributed by atoms with Crippen molar-refractivity contribution in [1.29, 1.82) is 0 Å². The molecular formula is C8H18N2O. The maximum absolute atomic E-state index is 11.0. The number of hydrogen-bond acceptors (Lipinski definition) is 2. The van der Waals surface area contributed by atoms with E-state index in [1.807, 2.05) is 25.8 Å². The van der Waals surface area contributed by atoms with Gasteiger partial charge in [0, 0.05) is 26.1 Å². The topological polar surface area (TPSA) is 32.3 Å². The molecule has 0 atom stereocenters. The molecule has 0 bridgehead atoms. The van der Waals surface area contributed by atoms with E-state index in [4.69, 9.17) is 0 Å². The van der Waals surface area contributed by atoms with Gasteiger partial charge in [-0.1, -0.05) is 0 Å². The van der Waals surface area contributed by atoms with Crippen molar-refractivity contribution >= 4 is 5.91 Å². The summed E-state index contributed by atoms with van der Waals surface area (Å²) in [5.74, 6) is 0.148. The summed E-state index contributed by atoms with van der Waals surface area (Å²) in [5, 5.41) is 3.01. The Kier molecular flexibility index (Phi) is 4.86. The van der Waals surface area contributed by atoms with Crippen LogP contribution in [0.1, 0.15) is 20.8 Å². The highest BCUT2D eigenvalue weighted by molar-refractivity contribution is 5.73. The van der Waals surface area contributed by atoms with Crippen molar-refractivity contribution in [1.82, 2.24) is 10.2 Å². The lowest BCUT2D eigenvalue weighted by atomic mass is 10.3. The van der Waals surface area contributed by atoms with Gasteiger partial charge in [0.25, 0.3) is 0 Å². The van der Waals surface area contributed by atoms with Gasteiger partial charge in [-0.15, -0.1) is 0 Å². The Morgan fingerprint density at radius 2 is 2.09 bits per heavy atom. The van der Waals surface area contributed by atoms with E-state index < -0.39 is 0 Å². The lowest BCUT2D eigenvalue weighted by molar-refractivity contribution is -0.130. The third-order valence-corrected chi connectivity index (χ3v) is 1.63. The highest BCUT2D eigenvalue weighted by Crippen LogP contribution is 1.96. The van der Waals surface area contributed by atoms with Crippen molar-refractivity contribution in [2.45, 2.75) is 26.8 Å². The van der Waals surface area contributed by atoms with E-state index in [2.05, 4.69) is 5.32 Å². The first-order valence-corrected chi connectivity index (χ1v) is 4.01. The maximum Gasteiger partial charge on any atom is 0.219 e. The summed E-state index contributed by atoms with van der Waals surface area (Å²) in [4.78, 5) is 12.8. The third kappa shape index (κ3) is 3.98. The molecule has 0 aliphatic rings. The minimum absolute atomic E-state index is 0.148. The zero-order chi connectivity index (χ0) is 8.85. The van der Waals surface area contributed by atoms with Crippen LogP contribution in [0.4, 0.5) is 0 Å². The zero-order valence-corrected chi connectivity index (χ0v) is 7.85. The van der Waals surface area contributed by atoms with Gasteiger partial charge in [-0.25, -0.2) is 0 Å². The van der Waals surface area contributed by atoms with Gasteiger partial charge in [0.15, 0.2) is 0 Å². The lowest BCUT2D eigenvalue weighted by Gasteiger charge is -2.24. The Morgan fingerprint density at radius 1 is 1.55 bits per heavy atom. The summed E-state index contributed by atoms with van der Waals surface area (Å²) < 4.78 is 0. The van der Waals surface area contributed by atoms with Crippen LogP contribution in [0.15, 0.2) is 0 Å². The third-order valence-electron chi connectivity index (χ3n) is 1.63. The second kappa shape index (κ2) is 5.13. The quantitative estimate of drug-likeness (QED) is 0.644. The number of likely N-dealkylation sites (N-methyl/N-ethyl adjacent to an activating group) is 1. The number of carbonyl (C=O) groups is 1. The standard InChI is InChI=1S/C8H18N2O/c1-7(2)10(8(3)11)6-5-9-4/h7,9H,5-6H2,1-4H3. The van der Waals surface area contributed by atoms with Crippen molar-refractivity contribution in [2.75, 3.05) is 20.1 Å². The summed E-state index contributed by atoms with van der Waals surface area (Å²) >= 11 is 0. The zero-order valence-electron chi connectivity index (χ0n) is 7.85. The van der Waals surface area contributed by atoms with E-state index in [9.17, 15) is 4.79 Å². The Hall–Kier alpha value is -0.570. The van der Waals surface area contributed by atoms with Gasteiger partial charge in [-0.2, -0.15) is 0 Å². The van der Waals surface area contributed by atoms with Crippen LogP contribution in [-0.4, -0.2) is 37.0 Å². The van der Waals surface area contributed by atoms with Crippen molar-refractivity contribution in [3.8, 4) is 0 Å². The minimum Gasteiger partial charge on any atom is -0.339 e. The highest BCUT2D eigenvalue weighted by Gasteiger charge is 2.10. The van der Waals surface area contributed by atoms with E-state index in [0.717, 1.165) is 13.1 Å². The molecule has 0 saturated carbocycles. The fourth-order valence-electron chi connectivity index (χ4n) is 1.01. The van der Waals surface area contributed by atoms with Gasteiger partial charge in [-0.3, -0.25) is 4.79 Å². The van der Waals surface area contributed by atoms with Crippen molar-refractivity contribution in [3.05, 3.63) is 0 Å². The van der Waals surface area contributed by atoms with Gasteiger partial charge in [0.05, 0.1) is 0 Å². The molecule has 0 aliphatic heterocycles. The second-order valence-electron chi connectivity index (χ2n) is 2.91. The summed E-state index contributed by atoms with van der Waals surface area (Å²) in [6, 6.07) is 0.306. The number of nitrogens with zero attached hydrogens (tertiary/aromatic N) is 1. The first-order chi connectivity index (χ1) is 5.09. The number of carbonyl (C=O) groups excluding carboxylic acids is 1. The molecule has 0 fully saturated rings. The van der Waals surface area contributed by atoms with Gasteiger partial charge < -0.3 is 10.2 Å². The van der Waals surface area contributed by atoms with Crippen molar-refractivity contribution in [3.63, 3.8) is 0 Å². The molecule has 0 rings (SSSR count). The van der Waals surface area contributed by atoms with Crippen molar-refractivity contribution in [2.24, 2.45) is 0 Å². The van der Waals surface area contributed by atoms with Crippen LogP contribution >= 0.6 is 0 Å². The maximum atomic E-state index is 11.0. The predicted octanol–water partition coefficient (Wildman–Crippen LogP) is 0.463. The molecule has 0 spiro atoms. The number of rotatable bonds is 4. The van der Waals surface area contributed by atoms with Crippen LogP contribution in [0.5, 0.6) is 0 Å². The molecule has 0 aromatic carbocycles. The largest absolute Gasteiger partial charge is 0.339 e. The summed E-state index contributed by atoms with van der Waals surface area (Å²) in [6.45, 7) is 7.31.